The number of ether oxygens (including phenoxy) is 1. The summed E-state index contributed by atoms with van der Waals surface area (Å²) in [6.45, 7) is 1.02. The molecule has 0 unspecified atom stereocenters. The van der Waals surface area contributed by atoms with Crippen molar-refractivity contribution in [1.82, 2.24) is 0 Å². The Kier molecular flexibility index (Phi) is 3.26. The fraction of sp³-hybridized carbons (Fsp3) is 0.500. The molecule has 0 aromatic heterocycles. The van der Waals surface area contributed by atoms with E-state index in [1.165, 1.54) is 0 Å². The van der Waals surface area contributed by atoms with Crippen molar-refractivity contribution in [2.45, 2.75) is 12.8 Å². The minimum absolute atomic E-state index is 0.0866. The van der Waals surface area contributed by atoms with Crippen LogP contribution in [-0.4, -0.2) is 25.4 Å². The number of hydrogen-bond acceptors (Lipinski definition) is 3. The van der Waals surface area contributed by atoms with Gasteiger partial charge >= 0.3 is 0 Å². The number of aliphatic hydroxyl groups is 1. The quantitative estimate of drug-likeness (QED) is 0.833. The zero-order valence-corrected chi connectivity index (χ0v) is 10.0. The first-order valence-corrected chi connectivity index (χ1v) is 5.75. The molecule has 3 nitrogen and oxygen atoms in total. The lowest BCUT2D eigenvalue weighted by atomic mass is 10.1. The third-order valence-electron chi connectivity index (χ3n) is 3.12. The minimum atomic E-state index is 0.0866. The van der Waals surface area contributed by atoms with Crippen molar-refractivity contribution in [3.05, 3.63) is 23.2 Å². The molecule has 88 valence electrons. The smallest absolute Gasteiger partial charge is 0.120 e. The van der Waals surface area contributed by atoms with E-state index >= 15 is 0 Å². The number of methoxy groups -OCH3 is 1. The second-order valence-electron chi connectivity index (χ2n) is 4.36. The second kappa shape index (κ2) is 4.52. The van der Waals surface area contributed by atoms with Gasteiger partial charge < -0.3 is 15.2 Å². The summed E-state index contributed by atoms with van der Waals surface area (Å²) in [5.41, 5.74) is 0.977. The lowest BCUT2D eigenvalue weighted by molar-refractivity contribution is 0.220. The third kappa shape index (κ3) is 2.42. The van der Waals surface area contributed by atoms with Crippen LogP contribution in [-0.2, 0) is 0 Å². The number of rotatable bonds is 5. The molecular weight excluding hydrogens is 226 g/mol. The van der Waals surface area contributed by atoms with Crippen LogP contribution in [0.1, 0.15) is 12.8 Å². The van der Waals surface area contributed by atoms with Crippen molar-refractivity contribution in [3.8, 4) is 5.75 Å². The molecule has 4 heteroatoms. The van der Waals surface area contributed by atoms with Gasteiger partial charge in [-0.05, 0) is 25.0 Å². The average molecular weight is 242 g/mol. The highest BCUT2D eigenvalue weighted by Gasteiger charge is 2.41. The Labute approximate surface area is 100 Å². The maximum atomic E-state index is 9.19. The number of nitrogens with one attached hydrogen (secondary N) is 1. The summed E-state index contributed by atoms with van der Waals surface area (Å²) < 4.78 is 5.08. The maximum absolute atomic E-state index is 9.19. The van der Waals surface area contributed by atoms with Crippen LogP contribution in [0.3, 0.4) is 0 Å². The van der Waals surface area contributed by atoms with Crippen LogP contribution in [0.25, 0.3) is 0 Å². The largest absolute Gasteiger partial charge is 0.497 e. The van der Waals surface area contributed by atoms with Crippen LogP contribution in [0, 0.1) is 5.41 Å². The maximum Gasteiger partial charge on any atom is 0.120 e. The fourth-order valence-electron chi connectivity index (χ4n) is 1.62. The molecule has 0 saturated heterocycles. The van der Waals surface area contributed by atoms with E-state index in [4.69, 9.17) is 16.3 Å². The lowest BCUT2D eigenvalue weighted by Crippen LogP contribution is -2.19. The fourth-order valence-corrected chi connectivity index (χ4v) is 1.85. The number of anilines is 1. The van der Waals surface area contributed by atoms with E-state index in [-0.39, 0.29) is 12.0 Å². The number of hydrogen-bond donors (Lipinski definition) is 2. The normalized spacial score (nSPS) is 16.9. The summed E-state index contributed by atoms with van der Waals surface area (Å²) in [4.78, 5) is 0. The van der Waals surface area contributed by atoms with Gasteiger partial charge in [-0.25, -0.2) is 0 Å². The molecule has 1 fully saturated rings. The molecule has 1 aromatic rings. The van der Waals surface area contributed by atoms with E-state index in [1.54, 1.807) is 13.2 Å². The number of aliphatic hydroxyl groups excluding tert-OH is 1. The average Bonchev–Trinajstić information content (AvgIpc) is 3.08. The van der Waals surface area contributed by atoms with Crippen LogP contribution in [0.2, 0.25) is 5.02 Å². The third-order valence-corrected chi connectivity index (χ3v) is 3.44. The van der Waals surface area contributed by atoms with Gasteiger partial charge in [0.1, 0.15) is 5.75 Å². The molecule has 1 aliphatic carbocycles. The van der Waals surface area contributed by atoms with E-state index < -0.39 is 0 Å². The van der Waals surface area contributed by atoms with Gasteiger partial charge in [0.05, 0.1) is 24.4 Å². The molecule has 0 spiro atoms. The van der Waals surface area contributed by atoms with Gasteiger partial charge in [-0.3, -0.25) is 0 Å². The van der Waals surface area contributed by atoms with Crippen molar-refractivity contribution in [3.63, 3.8) is 0 Å². The number of halogens is 1. The van der Waals surface area contributed by atoms with Gasteiger partial charge in [-0.15, -0.1) is 0 Å². The zero-order valence-electron chi connectivity index (χ0n) is 9.29. The first-order chi connectivity index (χ1) is 7.69. The van der Waals surface area contributed by atoms with Crippen molar-refractivity contribution >= 4 is 17.3 Å². The molecule has 2 rings (SSSR count). The molecule has 0 heterocycles. The van der Waals surface area contributed by atoms with Crippen molar-refractivity contribution in [1.29, 1.82) is 0 Å². The van der Waals surface area contributed by atoms with Gasteiger partial charge in [-0.1, -0.05) is 11.6 Å². The van der Waals surface area contributed by atoms with Gasteiger partial charge in [0.25, 0.3) is 0 Å². The number of benzene rings is 1. The van der Waals surface area contributed by atoms with Crippen molar-refractivity contribution < 1.29 is 9.84 Å². The summed E-state index contributed by atoms with van der Waals surface area (Å²) in [5, 5.41) is 13.1. The van der Waals surface area contributed by atoms with E-state index in [0.717, 1.165) is 30.8 Å². The first-order valence-electron chi connectivity index (χ1n) is 5.37. The summed E-state index contributed by atoms with van der Waals surface area (Å²) >= 11 is 6.10. The SMILES string of the molecule is COc1ccc(NCC2(CO)CC2)c(Cl)c1. The Bertz CT molecular complexity index is 377. The van der Waals surface area contributed by atoms with Crippen molar-refractivity contribution in [2.24, 2.45) is 5.41 Å². The standard InChI is InChI=1S/C12H16ClNO2/c1-16-9-2-3-11(10(13)6-9)14-7-12(8-15)4-5-12/h2-3,6,14-15H,4-5,7-8H2,1H3. The predicted molar refractivity (Wildman–Crippen MR) is 65.2 cm³/mol. The van der Waals surface area contributed by atoms with Gasteiger partial charge in [-0.2, -0.15) is 0 Å². The molecule has 1 aromatic carbocycles. The van der Waals surface area contributed by atoms with Gasteiger partial charge in [0, 0.05) is 18.0 Å². The topological polar surface area (TPSA) is 41.5 Å². The predicted octanol–water partition coefficient (Wildman–Crippen LogP) is 2.53. The van der Waals surface area contributed by atoms with Crippen LogP contribution in [0.4, 0.5) is 5.69 Å². The molecular formula is C12H16ClNO2. The summed E-state index contributed by atoms with van der Waals surface area (Å²) in [5.74, 6) is 0.749. The highest BCUT2D eigenvalue weighted by atomic mass is 35.5. The van der Waals surface area contributed by atoms with E-state index in [0.29, 0.717) is 5.02 Å². The Morgan fingerprint density at radius 3 is 2.75 bits per heavy atom. The second-order valence-corrected chi connectivity index (χ2v) is 4.76. The molecule has 0 atom stereocenters. The first kappa shape index (κ1) is 11.6. The Morgan fingerprint density at radius 1 is 1.50 bits per heavy atom. The Balaban J connectivity index is 1.99. The van der Waals surface area contributed by atoms with Gasteiger partial charge in [0.15, 0.2) is 0 Å². The van der Waals surface area contributed by atoms with E-state index in [2.05, 4.69) is 5.32 Å². The highest BCUT2D eigenvalue weighted by Crippen LogP contribution is 2.45. The van der Waals surface area contributed by atoms with Crippen LogP contribution < -0.4 is 10.1 Å². The monoisotopic (exact) mass is 241 g/mol. The van der Waals surface area contributed by atoms with Crippen LogP contribution in [0.5, 0.6) is 5.75 Å². The van der Waals surface area contributed by atoms with Crippen LogP contribution in [0.15, 0.2) is 18.2 Å². The van der Waals surface area contributed by atoms with Gasteiger partial charge in [0.2, 0.25) is 0 Å². The molecule has 0 amide bonds. The molecule has 16 heavy (non-hydrogen) atoms. The lowest BCUT2D eigenvalue weighted by Gasteiger charge is -2.15. The van der Waals surface area contributed by atoms with Crippen molar-refractivity contribution in [2.75, 3.05) is 25.6 Å². The minimum Gasteiger partial charge on any atom is -0.497 e. The van der Waals surface area contributed by atoms with E-state index in [9.17, 15) is 5.11 Å². The Hall–Kier alpha value is -0.930. The molecule has 0 radical (unpaired) electrons. The van der Waals surface area contributed by atoms with E-state index in [1.807, 2.05) is 12.1 Å². The zero-order chi connectivity index (χ0) is 11.6. The molecule has 1 aliphatic rings. The summed E-state index contributed by atoms with van der Waals surface area (Å²) in [6, 6.07) is 5.55. The molecule has 0 aliphatic heterocycles. The summed E-state index contributed by atoms with van der Waals surface area (Å²) in [6.07, 6.45) is 2.18. The summed E-state index contributed by atoms with van der Waals surface area (Å²) in [7, 11) is 1.61. The Morgan fingerprint density at radius 2 is 2.25 bits per heavy atom. The van der Waals surface area contributed by atoms with Crippen LogP contribution >= 0.6 is 11.6 Å². The molecule has 1 saturated carbocycles. The highest BCUT2D eigenvalue weighted by molar-refractivity contribution is 6.33. The molecule has 0 bridgehead atoms. The molecule has 2 N–H and O–H groups in total.